The molecule has 258 valence electrons. The van der Waals surface area contributed by atoms with Gasteiger partial charge in [-0.1, -0.05) is 72.3 Å². The van der Waals surface area contributed by atoms with Gasteiger partial charge in [0.15, 0.2) is 0 Å². The number of benzene rings is 1. The SMILES string of the molecule is C.C.C.C.C.C.CCC(C)(C)C(=O)OCCNC(=O)Nc1ccc(O)cc1.CCC(C)C#N.CCC(C)C(=O)OCCO. The van der Waals surface area contributed by atoms with Crippen molar-refractivity contribution in [3.63, 3.8) is 0 Å². The molecule has 0 heterocycles. The molecular weight excluding hydrogens is 550 g/mol. The second-order valence-electron chi connectivity index (χ2n) is 8.94. The monoisotopic (exact) mass is 620 g/mol. The summed E-state index contributed by atoms with van der Waals surface area (Å²) in [5.41, 5.74) is 0.0586. The van der Waals surface area contributed by atoms with Gasteiger partial charge in [-0.3, -0.25) is 9.59 Å². The minimum atomic E-state index is -0.506. The quantitative estimate of drug-likeness (QED) is 0.109. The lowest BCUT2D eigenvalue weighted by atomic mass is 9.91. The van der Waals surface area contributed by atoms with E-state index in [9.17, 15) is 14.4 Å². The third-order valence-electron chi connectivity index (χ3n) is 5.37. The fraction of sp³-hybridized carbons (Fsp3) is 0.697. The summed E-state index contributed by atoms with van der Waals surface area (Å²) < 4.78 is 9.75. The maximum absolute atomic E-state index is 11.7. The first-order valence-electron chi connectivity index (χ1n) is 12.6. The van der Waals surface area contributed by atoms with Gasteiger partial charge in [0.1, 0.15) is 19.0 Å². The summed E-state index contributed by atoms with van der Waals surface area (Å²) in [6, 6.07) is 7.83. The summed E-state index contributed by atoms with van der Waals surface area (Å²) in [5, 5.41) is 30.7. The van der Waals surface area contributed by atoms with Crippen LogP contribution in [0.2, 0.25) is 0 Å². The van der Waals surface area contributed by atoms with Crippen molar-refractivity contribution in [2.75, 3.05) is 31.7 Å². The molecule has 1 aromatic rings. The molecule has 0 radical (unpaired) electrons. The Hall–Kier alpha value is -3.32. The topological polar surface area (TPSA) is 158 Å². The van der Waals surface area contributed by atoms with E-state index in [1.165, 1.54) is 12.1 Å². The van der Waals surface area contributed by atoms with Gasteiger partial charge in [-0.05, 0) is 64.3 Å². The number of rotatable bonds is 11. The van der Waals surface area contributed by atoms with E-state index < -0.39 is 11.4 Å². The maximum Gasteiger partial charge on any atom is 0.319 e. The van der Waals surface area contributed by atoms with Crippen molar-refractivity contribution in [3.8, 4) is 11.8 Å². The molecular formula is C33H69N3O7. The highest BCUT2D eigenvalue weighted by Crippen LogP contribution is 2.21. The summed E-state index contributed by atoms with van der Waals surface area (Å²) in [4.78, 5) is 34.1. The average Bonchev–Trinajstić information content (AvgIpc) is 2.90. The predicted molar refractivity (Wildman–Crippen MR) is 183 cm³/mol. The van der Waals surface area contributed by atoms with Crippen LogP contribution in [0.5, 0.6) is 5.75 Å². The number of nitriles is 1. The standard InChI is InChI=1S/C15H22N2O4.C7H14O3.C5H9N.6CH4/c1-4-15(2,3)13(19)21-10-9-16-14(20)17-11-5-7-12(18)8-6-11;1-3-6(2)7(9)10-5-4-8;1-3-5(2)4-6;;;;;;/h5-8,18H,4,9-10H2,1-3H3,(H2,16,17,20);6,8H,3-5H2,1-2H3;5H,3H2,1-2H3;6*1H4. The Morgan fingerprint density at radius 2 is 1.42 bits per heavy atom. The number of esters is 2. The Bertz CT molecular complexity index is 823. The van der Waals surface area contributed by atoms with E-state index in [-0.39, 0.29) is 100 Å². The third-order valence-corrected chi connectivity index (χ3v) is 5.37. The van der Waals surface area contributed by atoms with Crippen LogP contribution in [0.4, 0.5) is 10.5 Å². The van der Waals surface area contributed by atoms with E-state index in [1.54, 1.807) is 19.1 Å². The lowest BCUT2D eigenvalue weighted by molar-refractivity contribution is -0.154. The van der Waals surface area contributed by atoms with Gasteiger partial charge in [0, 0.05) is 11.6 Å². The van der Waals surface area contributed by atoms with Crippen LogP contribution in [-0.2, 0) is 19.1 Å². The Labute approximate surface area is 265 Å². The lowest BCUT2D eigenvalue weighted by Gasteiger charge is -2.20. The number of amides is 2. The molecule has 0 saturated carbocycles. The van der Waals surface area contributed by atoms with Crippen molar-refractivity contribution in [3.05, 3.63) is 24.3 Å². The highest BCUT2D eigenvalue weighted by atomic mass is 16.5. The van der Waals surface area contributed by atoms with Crippen molar-refractivity contribution in [1.29, 1.82) is 5.26 Å². The average molecular weight is 620 g/mol. The molecule has 10 heteroatoms. The number of carbonyl (C=O) groups excluding carboxylic acids is 3. The van der Waals surface area contributed by atoms with Crippen LogP contribution in [0.3, 0.4) is 0 Å². The molecule has 2 unspecified atom stereocenters. The van der Waals surface area contributed by atoms with Crippen molar-refractivity contribution < 1.29 is 34.1 Å². The minimum Gasteiger partial charge on any atom is -0.508 e. The summed E-state index contributed by atoms with van der Waals surface area (Å²) >= 11 is 0. The van der Waals surface area contributed by atoms with Gasteiger partial charge in [-0.15, -0.1) is 0 Å². The molecule has 0 saturated heterocycles. The molecule has 4 N–H and O–H groups in total. The maximum atomic E-state index is 11.7. The molecule has 2 amide bonds. The lowest BCUT2D eigenvalue weighted by Crippen LogP contribution is -2.34. The number of aliphatic hydroxyl groups is 1. The molecule has 0 aromatic heterocycles. The van der Waals surface area contributed by atoms with Crippen molar-refractivity contribution in [2.45, 2.75) is 112 Å². The molecule has 0 bridgehead atoms. The first kappa shape index (κ1) is 59.2. The number of anilines is 1. The van der Waals surface area contributed by atoms with E-state index in [4.69, 9.17) is 20.2 Å². The number of urea groups is 1. The van der Waals surface area contributed by atoms with Gasteiger partial charge in [0.25, 0.3) is 0 Å². The van der Waals surface area contributed by atoms with Crippen LogP contribution in [0.25, 0.3) is 0 Å². The van der Waals surface area contributed by atoms with E-state index in [2.05, 4.69) is 21.4 Å². The largest absolute Gasteiger partial charge is 0.508 e. The van der Waals surface area contributed by atoms with E-state index in [0.29, 0.717) is 12.1 Å². The molecule has 0 fully saturated rings. The van der Waals surface area contributed by atoms with Crippen molar-refractivity contribution in [2.24, 2.45) is 17.3 Å². The number of hydrogen-bond acceptors (Lipinski definition) is 8. The molecule has 43 heavy (non-hydrogen) atoms. The third kappa shape index (κ3) is 31.4. The first-order chi connectivity index (χ1) is 17.4. The van der Waals surface area contributed by atoms with Crippen LogP contribution in [-0.4, -0.2) is 54.5 Å². The summed E-state index contributed by atoms with van der Waals surface area (Å²) in [7, 11) is 0. The van der Waals surface area contributed by atoms with E-state index in [0.717, 1.165) is 12.8 Å². The fourth-order valence-corrected chi connectivity index (χ4v) is 1.91. The minimum absolute atomic E-state index is 0. The number of aromatic hydroxyl groups is 1. The number of hydrogen-bond donors (Lipinski definition) is 4. The van der Waals surface area contributed by atoms with Crippen LogP contribution in [0, 0.1) is 28.6 Å². The second kappa shape index (κ2) is 34.9. The summed E-state index contributed by atoms with van der Waals surface area (Å²) in [6.07, 6.45) is 2.45. The van der Waals surface area contributed by atoms with Gasteiger partial charge in [0.2, 0.25) is 0 Å². The zero-order chi connectivity index (χ0) is 28.9. The molecule has 10 nitrogen and oxygen atoms in total. The van der Waals surface area contributed by atoms with Gasteiger partial charge in [-0.25, -0.2) is 4.79 Å². The molecule has 0 aliphatic rings. The van der Waals surface area contributed by atoms with Gasteiger partial charge >= 0.3 is 18.0 Å². The zero-order valence-electron chi connectivity index (χ0n) is 23.3. The van der Waals surface area contributed by atoms with Gasteiger partial charge < -0.3 is 30.3 Å². The number of aliphatic hydroxyl groups excluding tert-OH is 1. The van der Waals surface area contributed by atoms with Crippen molar-refractivity contribution in [1.82, 2.24) is 5.32 Å². The fourth-order valence-electron chi connectivity index (χ4n) is 1.91. The molecule has 1 rings (SSSR count). The number of ether oxygens (including phenoxy) is 2. The van der Waals surface area contributed by atoms with Crippen LogP contribution in [0.1, 0.15) is 112 Å². The predicted octanol–water partition coefficient (Wildman–Crippen LogP) is 8.43. The second-order valence-corrected chi connectivity index (χ2v) is 8.94. The van der Waals surface area contributed by atoms with E-state index >= 15 is 0 Å². The highest BCUT2D eigenvalue weighted by molar-refractivity contribution is 5.89. The number of nitrogens with zero attached hydrogens (tertiary/aromatic N) is 1. The van der Waals surface area contributed by atoms with Crippen LogP contribution < -0.4 is 10.6 Å². The summed E-state index contributed by atoms with van der Waals surface area (Å²) in [6.45, 7) is 13.6. The van der Waals surface area contributed by atoms with Gasteiger partial charge in [-0.2, -0.15) is 5.26 Å². The Balaban J connectivity index is -0.0000000795. The molecule has 2 atom stereocenters. The zero-order valence-corrected chi connectivity index (χ0v) is 23.3. The number of phenolic OH excluding ortho intramolecular Hbond substituents is 1. The molecule has 0 aliphatic heterocycles. The number of nitrogens with one attached hydrogen (secondary N) is 2. The smallest absolute Gasteiger partial charge is 0.319 e. The van der Waals surface area contributed by atoms with Crippen LogP contribution in [0.15, 0.2) is 24.3 Å². The number of carbonyl (C=O) groups is 3. The van der Waals surface area contributed by atoms with E-state index in [1.807, 2.05) is 41.5 Å². The Morgan fingerprint density at radius 1 is 0.907 bits per heavy atom. The molecule has 0 aliphatic carbocycles. The Morgan fingerprint density at radius 3 is 1.79 bits per heavy atom. The Kier molecular flexibility index (Phi) is 48.0. The first-order valence-corrected chi connectivity index (χ1v) is 12.6. The molecule has 0 spiro atoms. The highest BCUT2D eigenvalue weighted by Gasteiger charge is 2.26. The van der Waals surface area contributed by atoms with Crippen molar-refractivity contribution >= 4 is 23.7 Å². The summed E-state index contributed by atoms with van der Waals surface area (Å²) in [5.74, 6) is -0.176. The molecule has 1 aromatic carbocycles. The van der Waals surface area contributed by atoms with Crippen LogP contribution >= 0.6 is 0 Å². The normalized spacial score (nSPS) is 10.0. The number of phenols is 1. The van der Waals surface area contributed by atoms with Gasteiger partial charge in [0.05, 0.1) is 30.6 Å².